The van der Waals surface area contributed by atoms with Crippen molar-refractivity contribution in [2.45, 2.75) is 0 Å². The zero-order chi connectivity index (χ0) is 12.8. The first-order valence-electron chi connectivity index (χ1n) is 5.28. The van der Waals surface area contributed by atoms with Gasteiger partial charge in [0.05, 0.1) is 6.26 Å². The zero-order valence-corrected chi connectivity index (χ0v) is 9.41. The highest BCUT2D eigenvalue weighted by atomic mass is 16.4. The van der Waals surface area contributed by atoms with Crippen molar-refractivity contribution in [2.24, 2.45) is 0 Å². The summed E-state index contributed by atoms with van der Waals surface area (Å²) in [4.78, 5) is 20.8. The van der Waals surface area contributed by atoms with Crippen LogP contribution in [-0.2, 0) is 0 Å². The molecule has 0 saturated heterocycles. The van der Waals surface area contributed by atoms with Crippen molar-refractivity contribution in [3.05, 3.63) is 81.7 Å². The van der Waals surface area contributed by atoms with Gasteiger partial charge in [0.25, 0.3) is 0 Å². The fourth-order valence-electron chi connectivity index (χ4n) is 1.34. The molecule has 0 aliphatic rings. The van der Waals surface area contributed by atoms with Gasteiger partial charge >= 0.3 is 11.3 Å². The van der Waals surface area contributed by atoms with E-state index in [9.17, 15) is 9.59 Å². The first kappa shape index (κ1) is 11.9. The smallest absolute Gasteiger partial charge is 0.336 e. The molecule has 0 aliphatic carbocycles. The molecule has 0 N–H and O–H groups in total. The lowest BCUT2D eigenvalue weighted by molar-refractivity contribution is 0.511. The molecule has 1 aromatic carbocycles. The molecular formula is C14H10O4. The van der Waals surface area contributed by atoms with Crippen molar-refractivity contribution < 1.29 is 8.83 Å². The second-order valence-corrected chi connectivity index (χ2v) is 3.42. The molecule has 18 heavy (non-hydrogen) atoms. The Morgan fingerprint density at radius 2 is 1.50 bits per heavy atom. The van der Waals surface area contributed by atoms with Crippen LogP contribution in [0.5, 0.6) is 0 Å². The van der Waals surface area contributed by atoms with E-state index in [1.54, 1.807) is 24.3 Å². The van der Waals surface area contributed by atoms with E-state index in [1.807, 2.05) is 18.2 Å². The second-order valence-electron chi connectivity index (χ2n) is 3.42. The van der Waals surface area contributed by atoms with E-state index in [4.69, 9.17) is 4.42 Å². The topological polar surface area (TPSA) is 60.4 Å². The van der Waals surface area contributed by atoms with Crippen molar-refractivity contribution in [3.63, 3.8) is 0 Å². The van der Waals surface area contributed by atoms with E-state index in [2.05, 4.69) is 4.42 Å². The average Bonchev–Trinajstić information content (AvgIpc) is 2.40. The van der Waals surface area contributed by atoms with Gasteiger partial charge in [0.1, 0.15) is 5.58 Å². The summed E-state index contributed by atoms with van der Waals surface area (Å²) in [5.74, 6) is 0. The summed E-state index contributed by atoms with van der Waals surface area (Å²) in [5, 5.41) is 0.951. The van der Waals surface area contributed by atoms with Crippen molar-refractivity contribution in [2.75, 3.05) is 0 Å². The van der Waals surface area contributed by atoms with Crippen molar-refractivity contribution in [3.8, 4) is 0 Å². The van der Waals surface area contributed by atoms with Gasteiger partial charge in [-0.1, -0.05) is 24.3 Å². The molecule has 3 aromatic rings. The Morgan fingerprint density at radius 3 is 2.17 bits per heavy atom. The summed E-state index contributed by atoms with van der Waals surface area (Å²) in [6.07, 6.45) is 1.35. The van der Waals surface area contributed by atoms with E-state index >= 15 is 0 Å². The summed E-state index contributed by atoms with van der Waals surface area (Å²) in [7, 11) is 0. The Kier molecular flexibility index (Phi) is 3.71. The monoisotopic (exact) mass is 242 g/mol. The first-order chi connectivity index (χ1) is 8.75. The van der Waals surface area contributed by atoms with Gasteiger partial charge in [0, 0.05) is 17.5 Å². The molecule has 0 fully saturated rings. The molecule has 90 valence electrons. The molecule has 0 spiro atoms. The predicted molar refractivity (Wildman–Crippen MR) is 67.5 cm³/mol. The maximum atomic E-state index is 10.7. The average molecular weight is 242 g/mol. The third-order valence-corrected chi connectivity index (χ3v) is 2.13. The SMILES string of the molecule is O=c1ccc2ccccc2o1.O=c1cccco1. The normalized spacial score (nSPS) is 9.56. The molecule has 0 saturated carbocycles. The van der Waals surface area contributed by atoms with Crippen LogP contribution in [0.3, 0.4) is 0 Å². The zero-order valence-electron chi connectivity index (χ0n) is 9.41. The first-order valence-corrected chi connectivity index (χ1v) is 5.28. The molecular weight excluding hydrogens is 232 g/mol. The lowest BCUT2D eigenvalue weighted by Crippen LogP contribution is -1.93. The molecule has 4 heteroatoms. The summed E-state index contributed by atoms with van der Waals surface area (Å²) >= 11 is 0. The van der Waals surface area contributed by atoms with Gasteiger partial charge in [-0.2, -0.15) is 0 Å². The highest BCUT2D eigenvalue weighted by Crippen LogP contribution is 2.08. The van der Waals surface area contributed by atoms with Crippen LogP contribution in [0, 0.1) is 0 Å². The molecule has 0 amide bonds. The minimum absolute atomic E-state index is 0.302. The van der Waals surface area contributed by atoms with Gasteiger partial charge in [-0.25, -0.2) is 9.59 Å². The molecule has 0 radical (unpaired) electrons. The highest BCUT2D eigenvalue weighted by molar-refractivity contribution is 5.75. The van der Waals surface area contributed by atoms with Crippen LogP contribution in [0.25, 0.3) is 11.0 Å². The Bertz CT molecular complexity index is 722. The molecule has 0 bridgehead atoms. The van der Waals surface area contributed by atoms with Crippen LogP contribution in [0.15, 0.2) is 79.3 Å². The number of benzene rings is 1. The van der Waals surface area contributed by atoms with E-state index in [0.717, 1.165) is 5.39 Å². The molecule has 4 nitrogen and oxygen atoms in total. The van der Waals surface area contributed by atoms with E-state index in [0.29, 0.717) is 5.58 Å². The second kappa shape index (κ2) is 5.63. The Balaban J connectivity index is 0.000000149. The lowest BCUT2D eigenvalue weighted by Gasteiger charge is -1.91. The van der Waals surface area contributed by atoms with Gasteiger partial charge in [-0.05, 0) is 18.2 Å². The van der Waals surface area contributed by atoms with Gasteiger partial charge < -0.3 is 8.83 Å². The van der Waals surface area contributed by atoms with E-state index in [1.165, 1.54) is 18.4 Å². The van der Waals surface area contributed by atoms with Crippen molar-refractivity contribution in [1.82, 2.24) is 0 Å². The predicted octanol–water partition coefficient (Wildman–Crippen LogP) is 2.43. The van der Waals surface area contributed by atoms with Gasteiger partial charge in [0.15, 0.2) is 0 Å². The van der Waals surface area contributed by atoms with Crippen LogP contribution >= 0.6 is 0 Å². The number of hydrogen-bond donors (Lipinski definition) is 0. The minimum Gasteiger partial charge on any atom is -0.431 e. The Hall–Kier alpha value is -2.62. The van der Waals surface area contributed by atoms with Crippen molar-refractivity contribution >= 4 is 11.0 Å². The van der Waals surface area contributed by atoms with E-state index in [-0.39, 0.29) is 11.3 Å². The summed E-state index contributed by atoms with van der Waals surface area (Å²) in [6.45, 7) is 0. The fraction of sp³-hybridized carbons (Fsp3) is 0. The lowest BCUT2D eigenvalue weighted by atomic mass is 10.2. The van der Waals surface area contributed by atoms with Crippen LogP contribution in [-0.4, -0.2) is 0 Å². The molecule has 0 aliphatic heterocycles. The highest BCUT2D eigenvalue weighted by Gasteiger charge is 1.92. The molecule has 0 atom stereocenters. The maximum absolute atomic E-state index is 10.7. The largest absolute Gasteiger partial charge is 0.431 e. The van der Waals surface area contributed by atoms with Crippen molar-refractivity contribution in [1.29, 1.82) is 0 Å². The number of fused-ring (bicyclic) bond motifs is 1. The molecule has 2 aromatic heterocycles. The van der Waals surface area contributed by atoms with Crippen LogP contribution in [0.1, 0.15) is 0 Å². The molecule has 3 rings (SSSR count). The maximum Gasteiger partial charge on any atom is 0.336 e. The minimum atomic E-state index is -0.303. The Morgan fingerprint density at radius 1 is 0.722 bits per heavy atom. The standard InChI is InChI=1S/C9H6O2.C5H4O2/c10-9-6-5-7-3-1-2-4-8(7)11-9;6-5-3-1-2-4-7-5/h1-6H;1-4H. The summed E-state index contributed by atoms with van der Waals surface area (Å²) in [5.41, 5.74) is 0.0335. The molecule has 2 heterocycles. The fourth-order valence-corrected chi connectivity index (χ4v) is 1.34. The summed E-state index contributed by atoms with van der Waals surface area (Å²) < 4.78 is 9.28. The van der Waals surface area contributed by atoms with Gasteiger partial charge in [-0.3, -0.25) is 0 Å². The Labute approximate surface area is 102 Å². The van der Waals surface area contributed by atoms with Gasteiger partial charge in [0.2, 0.25) is 0 Å². The quantitative estimate of drug-likeness (QED) is 0.568. The number of rotatable bonds is 0. The third kappa shape index (κ3) is 3.18. The third-order valence-electron chi connectivity index (χ3n) is 2.13. The van der Waals surface area contributed by atoms with Gasteiger partial charge in [-0.15, -0.1) is 0 Å². The van der Waals surface area contributed by atoms with Crippen LogP contribution < -0.4 is 11.3 Å². The summed E-state index contributed by atoms with van der Waals surface area (Å²) in [6, 6.07) is 15.2. The van der Waals surface area contributed by atoms with Crippen LogP contribution in [0.4, 0.5) is 0 Å². The van der Waals surface area contributed by atoms with Crippen LogP contribution in [0.2, 0.25) is 0 Å². The van der Waals surface area contributed by atoms with E-state index < -0.39 is 0 Å². The molecule has 0 unspecified atom stereocenters. The number of para-hydroxylation sites is 1. The number of hydrogen-bond acceptors (Lipinski definition) is 4.